The van der Waals surface area contributed by atoms with Gasteiger partial charge in [-0.25, -0.2) is 0 Å². The maximum Gasteiger partial charge on any atom is 0.167 e. The molecule has 19 heavy (non-hydrogen) atoms. The van der Waals surface area contributed by atoms with Gasteiger partial charge >= 0.3 is 0 Å². The maximum atomic E-state index is 12.2. The lowest BCUT2D eigenvalue weighted by Gasteiger charge is -2.12. The van der Waals surface area contributed by atoms with Gasteiger partial charge in [-0.05, 0) is 31.2 Å². The van der Waals surface area contributed by atoms with Crippen LogP contribution in [0.2, 0.25) is 0 Å². The summed E-state index contributed by atoms with van der Waals surface area (Å²) in [4.78, 5) is 12.2. The zero-order chi connectivity index (χ0) is 13.2. The van der Waals surface area contributed by atoms with Crippen LogP contribution < -0.4 is 0 Å². The molecule has 1 aliphatic carbocycles. The van der Waals surface area contributed by atoms with Crippen LogP contribution in [0.5, 0.6) is 0 Å². The fourth-order valence-corrected chi connectivity index (χ4v) is 3.23. The normalized spacial score (nSPS) is 28.1. The van der Waals surface area contributed by atoms with Crippen molar-refractivity contribution in [3.8, 4) is 0 Å². The summed E-state index contributed by atoms with van der Waals surface area (Å²) < 4.78 is 7.57. The van der Waals surface area contributed by atoms with Crippen LogP contribution in [0.4, 0.5) is 0 Å². The van der Waals surface area contributed by atoms with Gasteiger partial charge in [-0.2, -0.15) is 5.10 Å². The number of aromatic nitrogens is 2. The Balaban J connectivity index is 1.61. The quantitative estimate of drug-likeness (QED) is 0.837. The van der Waals surface area contributed by atoms with Crippen molar-refractivity contribution in [2.24, 2.45) is 5.92 Å². The summed E-state index contributed by atoms with van der Waals surface area (Å²) in [7, 11) is 0. The molecule has 3 rings (SSSR count). The summed E-state index contributed by atoms with van der Waals surface area (Å²) in [5, 5.41) is 4.57. The SMILES string of the molecule is CC1CCOC1C(=O)Cc1ccn(C2CCCC2)n1. The smallest absolute Gasteiger partial charge is 0.167 e. The molecule has 4 nitrogen and oxygen atoms in total. The third-order valence-corrected chi connectivity index (χ3v) is 4.42. The van der Waals surface area contributed by atoms with E-state index in [1.807, 2.05) is 12.3 Å². The number of rotatable bonds is 4. The lowest BCUT2D eigenvalue weighted by molar-refractivity contribution is -0.128. The Morgan fingerprint density at radius 3 is 2.89 bits per heavy atom. The van der Waals surface area contributed by atoms with Crippen LogP contribution in [0.25, 0.3) is 0 Å². The van der Waals surface area contributed by atoms with Gasteiger partial charge in [0.1, 0.15) is 6.10 Å². The van der Waals surface area contributed by atoms with E-state index in [2.05, 4.69) is 16.7 Å². The first-order valence-corrected chi connectivity index (χ1v) is 7.42. The van der Waals surface area contributed by atoms with Crippen LogP contribution in [0, 0.1) is 5.92 Å². The highest BCUT2D eigenvalue weighted by molar-refractivity contribution is 5.85. The molecule has 0 bridgehead atoms. The van der Waals surface area contributed by atoms with E-state index >= 15 is 0 Å². The highest BCUT2D eigenvalue weighted by Gasteiger charge is 2.31. The molecule has 0 radical (unpaired) electrons. The number of hydrogen-bond acceptors (Lipinski definition) is 3. The summed E-state index contributed by atoms with van der Waals surface area (Å²) in [6, 6.07) is 2.53. The van der Waals surface area contributed by atoms with Gasteiger partial charge in [0.25, 0.3) is 0 Å². The molecule has 2 aliphatic rings. The van der Waals surface area contributed by atoms with E-state index in [1.165, 1.54) is 25.7 Å². The van der Waals surface area contributed by atoms with Crippen molar-refractivity contribution >= 4 is 5.78 Å². The molecule has 0 spiro atoms. The second-order valence-corrected chi connectivity index (χ2v) is 5.93. The number of carbonyl (C=O) groups excluding carboxylic acids is 1. The van der Waals surface area contributed by atoms with Crippen LogP contribution >= 0.6 is 0 Å². The van der Waals surface area contributed by atoms with Gasteiger partial charge < -0.3 is 4.74 Å². The molecule has 0 aromatic carbocycles. The zero-order valence-corrected chi connectivity index (χ0v) is 11.5. The number of Topliss-reactive ketones (excluding diaryl/α,β-unsaturated/α-hetero) is 1. The third kappa shape index (κ3) is 2.73. The van der Waals surface area contributed by atoms with Gasteiger partial charge in [-0.15, -0.1) is 0 Å². The Bertz CT molecular complexity index is 449. The number of ketones is 1. The minimum Gasteiger partial charge on any atom is -0.370 e. The van der Waals surface area contributed by atoms with Crippen molar-refractivity contribution in [3.05, 3.63) is 18.0 Å². The molecule has 0 N–H and O–H groups in total. The summed E-state index contributed by atoms with van der Waals surface area (Å²) in [6.07, 6.45) is 8.25. The van der Waals surface area contributed by atoms with Crippen LogP contribution in [-0.4, -0.2) is 28.3 Å². The number of hydrogen-bond donors (Lipinski definition) is 0. The van der Waals surface area contributed by atoms with Crippen molar-refractivity contribution in [2.75, 3.05) is 6.61 Å². The number of ether oxygens (including phenoxy) is 1. The summed E-state index contributed by atoms with van der Waals surface area (Å²) >= 11 is 0. The van der Waals surface area contributed by atoms with E-state index in [0.717, 1.165) is 12.1 Å². The first-order chi connectivity index (χ1) is 9.24. The van der Waals surface area contributed by atoms with Crippen molar-refractivity contribution in [3.63, 3.8) is 0 Å². The van der Waals surface area contributed by atoms with E-state index in [0.29, 0.717) is 25.0 Å². The average molecular weight is 262 g/mol. The van der Waals surface area contributed by atoms with Gasteiger partial charge in [0, 0.05) is 12.8 Å². The minimum absolute atomic E-state index is 0.182. The van der Waals surface area contributed by atoms with Crippen LogP contribution in [0.1, 0.15) is 50.8 Å². The minimum atomic E-state index is -0.211. The lowest BCUT2D eigenvalue weighted by Crippen LogP contribution is -2.27. The molecular weight excluding hydrogens is 240 g/mol. The first kappa shape index (κ1) is 12.9. The van der Waals surface area contributed by atoms with Crippen LogP contribution in [0.15, 0.2) is 12.3 Å². The van der Waals surface area contributed by atoms with Gasteiger partial charge in [0.2, 0.25) is 0 Å². The average Bonchev–Trinajstić information content (AvgIpc) is 3.07. The summed E-state index contributed by atoms with van der Waals surface area (Å²) in [5.74, 6) is 0.533. The van der Waals surface area contributed by atoms with Gasteiger partial charge in [-0.3, -0.25) is 9.48 Å². The lowest BCUT2D eigenvalue weighted by atomic mass is 9.98. The summed E-state index contributed by atoms with van der Waals surface area (Å²) in [5.41, 5.74) is 0.889. The molecule has 1 aliphatic heterocycles. The van der Waals surface area contributed by atoms with Crippen LogP contribution in [-0.2, 0) is 16.0 Å². The molecule has 1 saturated heterocycles. The number of carbonyl (C=O) groups is 1. The molecular formula is C15H22N2O2. The second kappa shape index (κ2) is 5.45. The Labute approximate surface area is 114 Å². The van der Waals surface area contributed by atoms with E-state index in [4.69, 9.17) is 4.74 Å². The Morgan fingerprint density at radius 1 is 1.42 bits per heavy atom. The van der Waals surface area contributed by atoms with Gasteiger partial charge in [0.15, 0.2) is 5.78 Å². The Morgan fingerprint density at radius 2 is 2.21 bits per heavy atom. The predicted molar refractivity (Wildman–Crippen MR) is 72.0 cm³/mol. The molecule has 1 saturated carbocycles. The van der Waals surface area contributed by atoms with E-state index in [-0.39, 0.29) is 11.9 Å². The van der Waals surface area contributed by atoms with Crippen molar-refractivity contribution in [2.45, 2.75) is 57.6 Å². The standard InChI is InChI=1S/C15H22N2O2/c1-11-7-9-19-15(11)14(18)10-12-6-8-17(16-12)13-4-2-3-5-13/h6,8,11,13,15H,2-5,7,9-10H2,1H3. The van der Waals surface area contributed by atoms with Gasteiger partial charge in [0.05, 0.1) is 18.2 Å². The largest absolute Gasteiger partial charge is 0.370 e. The monoisotopic (exact) mass is 262 g/mol. The number of nitrogens with zero attached hydrogens (tertiary/aromatic N) is 2. The molecule has 104 valence electrons. The van der Waals surface area contributed by atoms with Crippen LogP contribution in [0.3, 0.4) is 0 Å². The highest BCUT2D eigenvalue weighted by atomic mass is 16.5. The molecule has 2 heterocycles. The fraction of sp³-hybridized carbons (Fsp3) is 0.733. The second-order valence-electron chi connectivity index (χ2n) is 5.93. The molecule has 2 unspecified atom stereocenters. The topological polar surface area (TPSA) is 44.1 Å². The highest BCUT2D eigenvalue weighted by Crippen LogP contribution is 2.29. The van der Waals surface area contributed by atoms with E-state index in [9.17, 15) is 4.79 Å². The predicted octanol–water partition coefficient (Wildman–Crippen LogP) is 2.53. The van der Waals surface area contributed by atoms with E-state index < -0.39 is 0 Å². The molecule has 1 aromatic rings. The van der Waals surface area contributed by atoms with Gasteiger partial charge in [-0.1, -0.05) is 19.8 Å². The first-order valence-electron chi connectivity index (χ1n) is 7.42. The Kier molecular flexibility index (Phi) is 3.69. The van der Waals surface area contributed by atoms with Crippen molar-refractivity contribution < 1.29 is 9.53 Å². The van der Waals surface area contributed by atoms with Crippen molar-refractivity contribution in [1.82, 2.24) is 9.78 Å². The Hall–Kier alpha value is -1.16. The zero-order valence-electron chi connectivity index (χ0n) is 11.5. The third-order valence-electron chi connectivity index (χ3n) is 4.42. The molecule has 2 fully saturated rings. The molecule has 4 heteroatoms. The molecule has 2 atom stereocenters. The van der Waals surface area contributed by atoms with E-state index in [1.54, 1.807) is 0 Å². The fourth-order valence-electron chi connectivity index (χ4n) is 3.23. The van der Waals surface area contributed by atoms with Crippen molar-refractivity contribution in [1.29, 1.82) is 0 Å². The maximum absolute atomic E-state index is 12.2. The molecule has 1 aromatic heterocycles. The molecule has 0 amide bonds. The summed E-state index contributed by atoms with van der Waals surface area (Å²) in [6.45, 7) is 2.81.